The van der Waals surface area contributed by atoms with Gasteiger partial charge in [0, 0.05) is 30.5 Å². The maximum Gasteiger partial charge on any atom is 0.255 e. The van der Waals surface area contributed by atoms with Crippen LogP contribution in [0, 0.1) is 0 Å². The summed E-state index contributed by atoms with van der Waals surface area (Å²) < 4.78 is 5.45. The highest BCUT2D eigenvalue weighted by Crippen LogP contribution is 2.38. The van der Waals surface area contributed by atoms with Gasteiger partial charge in [-0.2, -0.15) is 0 Å². The molecule has 0 spiro atoms. The summed E-state index contributed by atoms with van der Waals surface area (Å²) in [7, 11) is 5.45. The number of para-hydroxylation sites is 2. The number of anilines is 3. The predicted octanol–water partition coefficient (Wildman–Crippen LogP) is 4.54. The van der Waals surface area contributed by atoms with Gasteiger partial charge in [-0.1, -0.05) is 35.9 Å². The number of carbonyl (C=O) groups excluding carboxylic acids is 2. The summed E-state index contributed by atoms with van der Waals surface area (Å²) in [6.45, 7) is -0.0892. The van der Waals surface area contributed by atoms with Gasteiger partial charge >= 0.3 is 0 Å². The lowest BCUT2D eigenvalue weighted by Crippen LogP contribution is -2.56. The maximum absolute atomic E-state index is 13.8. The Labute approximate surface area is 192 Å². The van der Waals surface area contributed by atoms with Crippen molar-refractivity contribution in [2.24, 2.45) is 0 Å². The molecule has 6 nitrogen and oxygen atoms in total. The van der Waals surface area contributed by atoms with Crippen molar-refractivity contribution in [1.29, 1.82) is 0 Å². The van der Waals surface area contributed by atoms with Crippen molar-refractivity contribution in [3.05, 3.63) is 83.4 Å². The van der Waals surface area contributed by atoms with Crippen molar-refractivity contribution in [2.75, 3.05) is 42.4 Å². The first-order valence-corrected chi connectivity index (χ1v) is 10.6. The van der Waals surface area contributed by atoms with Crippen molar-refractivity contribution in [3.63, 3.8) is 0 Å². The van der Waals surface area contributed by atoms with Crippen LogP contribution in [0.2, 0.25) is 5.02 Å². The molecule has 0 radical (unpaired) electrons. The fraction of sp³-hybridized carbons (Fsp3) is 0.200. The van der Waals surface area contributed by atoms with Crippen LogP contribution in [0.4, 0.5) is 17.1 Å². The van der Waals surface area contributed by atoms with E-state index in [1.165, 1.54) is 4.90 Å². The SMILES string of the molecule is COc1ccccc1N1CC(=O)N(c2ccc(Cl)cc2)C(c2ccc(N(C)C)cc2)C1=O. The van der Waals surface area contributed by atoms with Crippen LogP contribution in [0.3, 0.4) is 0 Å². The van der Waals surface area contributed by atoms with Crippen molar-refractivity contribution >= 4 is 40.5 Å². The second-order valence-corrected chi connectivity index (χ2v) is 8.16. The molecular weight excluding hydrogens is 426 g/mol. The molecule has 3 aromatic rings. The lowest BCUT2D eigenvalue weighted by molar-refractivity contribution is -0.128. The van der Waals surface area contributed by atoms with Crippen LogP contribution in [0.1, 0.15) is 11.6 Å². The minimum absolute atomic E-state index is 0.0892. The average molecular weight is 450 g/mol. The van der Waals surface area contributed by atoms with E-state index in [4.69, 9.17) is 16.3 Å². The van der Waals surface area contributed by atoms with Crippen LogP contribution in [-0.2, 0) is 9.59 Å². The molecule has 0 N–H and O–H groups in total. The molecule has 1 aliphatic heterocycles. The van der Waals surface area contributed by atoms with Gasteiger partial charge in [-0.25, -0.2) is 0 Å². The van der Waals surface area contributed by atoms with Gasteiger partial charge < -0.3 is 9.64 Å². The van der Waals surface area contributed by atoms with E-state index in [1.54, 1.807) is 48.4 Å². The first kappa shape index (κ1) is 21.7. The molecule has 0 bridgehead atoms. The molecule has 1 saturated heterocycles. The van der Waals surface area contributed by atoms with Crippen molar-refractivity contribution in [1.82, 2.24) is 0 Å². The van der Waals surface area contributed by atoms with Gasteiger partial charge in [-0.05, 0) is 54.1 Å². The molecule has 1 fully saturated rings. The highest BCUT2D eigenvalue weighted by Gasteiger charge is 2.42. The van der Waals surface area contributed by atoms with E-state index in [0.717, 1.165) is 11.3 Å². The molecule has 0 saturated carbocycles. The molecule has 1 aliphatic rings. The van der Waals surface area contributed by atoms with E-state index >= 15 is 0 Å². The number of carbonyl (C=O) groups is 2. The first-order chi connectivity index (χ1) is 15.4. The van der Waals surface area contributed by atoms with E-state index in [1.807, 2.05) is 55.4 Å². The van der Waals surface area contributed by atoms with E-state index in [-0.39, 0.29) is 18.4 Å². The zero-order chi connectivity index (χ0) is 22.8. The zero-order valence-electron chi connectivity index (χ0n) is 18.2. The Kier molecular flexibility index (Phi) is 6.06. The van der Waals surface area contributed by atoms with Crippen molar-refractivity contribution in [3.8, 4) is 5.75 Å². The molecule has 1 heterocycles. The minimum atomic E-state index is -0.821. The molecule has 1 atom stereocenters. The number of piperazine rings is 1. The van der Waals surface area contributed by atoms with Crippen LogP contribution in [0.15, 0.2) is 72.8 Å². The molecule has 2 amide bonds. The molecule has 32 heavy (non-hydrogen) atoms. The normalized spacial score (nSPS) is 16.3. The lowest BCUT2D eigenvalue weighted by Gasteiger charge is -2.40. The quantitative estimate of drug-likeness (QED) is 0.574. The first-order valence-electron chi connectivity index (χ1n) is 10.2. The third-order valence-electron chi connectivity index (χ3n) is 5.53. The summed E-state index contributed by atoms with van der Waals surface area (Å²) >= 11 is 6.06. The Hall–Kier alpha value is -3.51. The number of halogens is 1. The number of ether oxygens (including phenoxy) is 1. The van der Waals surface area contributed by atoms with Gasteiger partial charge in [0.2, 0.25) is 5.91 Å². The molecule has 7 heteroatoms. The summed E-state index contributed by atoms with van der Waals surface area (Å²) in [5, 5.41) is 0.562. The van der Waals surface area contributed by atoms with Gasteiger partial charge in [-0.3, -0.25) is 19.4 Å². The lowest BCUT2D eigenvalue weighted by atomic mass is 9.99. The van der Waals surface area contributed by atoms with Gasteiger partial charge in [-0.15, -0.1) is 0 Å². The number of amides is 2. The van der Waals surface area contributed by atoms with Crippen molar-refractivity contribution in [2.45, 2.75) is 6.04 Å². The molecular formula is C25H24ClN3O3. The molecule has 0 aliphatic carbocycles. The zero-order valence-corrected chi connectivity index (χ0v) is 18.9. The molecule has 3 aromatic carbocycles. The smallest absolute Gasteiger partial charge is 0.255 e. The number of methoxy groups -OCH3 is 1. The fourth-order valence-corrected chi connectivity index (χ4v) is 4.02. The largest absolute Gasteiger partial charge is 0.495 e. The van der Waals surface area contributed by atoms with Crippen LogP contribution in [-0.4, -0.2) is 39.6 Å². The fourth-order valence-electron chi connectivity index (χ4n) is 3.89. The Morgan fingerprint density at radius 2 is 1.59 bits per heavy atom. The van der Waals surface area contributed by atoms with Crippen LogP contribution >= 0.6 is 11.6 Å². The summed E-state index contributed by atoms with van der Waals surface area (Å²) in [6, 6.07) is 21.0. The molecule has 4 rings (SSSR count). The summed E-state index contributed by atoms with van der Waals surface area (Å²) in [5.41, 5.74) is 2.92. The number of benzene rings is 3. The Bertz CT molecular complexity index is 1130. The minimum Gasteiger partial charge on any atom is -0.495 e. The van der Waals surface area contributed by atoms with Crippen LogP contribution in [0.25, 0.3) is 0 Å². The van der Waals surface area contributed by atoms with Crippen LogP contribution in [0.5, 0.6) is 5.75 Å². The van der Waals surface area contributed by atoms with Gasteiger partial charge in [0.05, 0.1) is 12.8 Å². The van der Waals surface area contributed by atoms with Gasteiger partial charge in [0.25, 0.3) is 5.91 Å². The summed E-state index contributed by atoms with van der Waals surface area (Å²) in [6.07, 6.45) is 0. The Morgan fingerprint density at radius 3 is 2.22 bits per heavy atom. The number of hydrogen-bond acceptors (Lipinski definition) is 4. The average Bonchev–Trinajstić information content (AvgIpc) is 2.81. The second-order valence-electron chi connectivity index (χ2n) is 7.72. The Morgan fingerprint density at radius 1 is 0.938 bits per heavy atom. The van der Waals surface area contributed by atoms with Gasteiger partial charge in [0.1, 0.15) is 18.3 Å². The highest BCUT2D eigenvalue weighted by molar-refractivity contribution is 6.30. The topological polar surface area (TPSA) is 53.1 Å². The predicted molar refractivity (Wildman–Crippen MR) is 128 cm³/mol. The van der Waals surface area contributed by atoms with Crippen molar-refractivity contribution < 1.29 is 14.3 Å². The van der Waals surface area contributed by atoms with E-state index < -0.39 is 6.04 Å². The third kappa shape index (κ3) is 4.01. The number of hydrogen-bond donors (Lipinski definition) is 0. The molecule has 1 unspecified atom stereocenters. The van der Waals surface area contributed by atoms with Crippen LogP contribution < -0.4 is 19.4 Å². The monoisotopic (exact) mass is 449 g/mol. The summed E-state index contributed by atoms with van der Waals surface area (Å²) in [4.78, 5) is 32.3. The van der Waals surface area contributed by atoms with E-state index in [0.29, 0.717) is 22.1 Å². The van der Waals surface area contributed by atoms with E-state index in [9.17, 15) is 9.59 Å². The van der Waals surface area contributed by atoms with Gasteiger partial charge in [0.15, 0.2) is 0 Å². The summed E-state index contributed by atoms with van der Waals surface area (Å²) in [5.74, 6) is 0.136. The van der Waals surface area contributed by atoms with E-state index in [2.05, 4.69) is 0 Å². The number of nitrogens with zero attached hydrogens (tertiary/aromatic N) is 3. The molecule has 0 aromatic heterocycles. The maximum atomic E-state index is 13.8. The standard InChI is InChI=1S/C25H24ClN3O3/c1-27(2)19-12-8-17(9-13-19)24-25(31)28(21-6-4-5-7-22(21)32-3)16-23(30)29(24)20-14-10-18(26)11-15-20/h4-15,24H,16H2,1-3H3. The third-order valence-corrected chi connectivity index (χ3v) is 5.78. The number of rotatable bonds is 5. The molecule has 164 valence electrons. The highest BCUT2D eigenvalue weighted by atomic mass is 35.5. The Balaban J connectivity index is 1.82. The second kappa shape index (κ2) is 8.93.